The van der Waals surface area contributed by atoms with E-state index in [1.807, 2.05) is 0 Å². The van der Waals surface area contributed by atoms with E-state index in [4.69, 9.17) is 6.42 Å². The van der Waals surface area contributed by atoms with Crippen molar-refractivity contribution in [2.45, 2.75) is 32.7 Å². The van der Waals surface area contributed by atoms with Gasteiger partial charge in [0.25, 0.3) is 0 Å². The van der Waals surface area contributed by atoms with E-state index in [0.717, 1.165) is 12.8 Å². The standard InChI is InChI=1S/C14H27N3O/c1-6-9-15-11-14(18)16-10-13(17(4)5)12(7-2)8-3/h1,12-13,15H,7-11H2,2-5H3,(H,16,18). The fourth-order valence-corrected chi connectivity index (χ4v) is 2.13. The van der Waals surface area contributed by atoms with Gasteiger partial charge in [-0.3, -0.25) is 10.1 Å². The van der Waals surface area contributed by atoms with E-state index < -0.39 is 0 Å². The maximum absolute atomic E-state index is 11.6. The summed E-state index contributed by atoms with van der Waals surface area (Å²) in [6.45, 7) is 5.79. The number of rotatable bonds is 9. The molecule has 0 radical (unpaired) electrons. The Morgan fingerprint density at radius 3 is 2.39 bits per heavy atom. The highest BCUT2D eigenvalue weighted by Gasteiger charge is 2.20. The predicted octanol–water partition coefficient (Wildman–Crippen LogP) is 0.692. The van der Waals surface area contributed by atoms with Gasteiger partial charge in [-0.05, 0) is 20.0 Å². The number of amides is 1. The number of hydrogen-bond acceptors (Lipinski definition) is 3. The van der Waals surface area contributed by atoms with Crippen molar-refractivity contribution in [2.24, 2.45) is 5.92 Å². The van der Waals surface area contributed by atoms with Gasteiger partial charge in [0.1, 0.15) is 0 Å². The summed E-state index contributed by atoms with van der Waals surface area (Å²) in [6, 6.07) is 0.386. The Morgan fingerprint density at radius 2 is 1.94 bits per heavy atom. The molecule has 104 valence electrons. The lowest BCUT2D eigenvalue weighted by Crippen LogP contribution is -2.46. The molecule has 0 aliphatic heterocycles. The summed E-state index contributed by atoms with van der Waals surface area (Å²) in [5.74, 6) is 3.06. The maximum atomic E-state index is 11.6. The largest absolute Gasteiger partial charge is 0.353 e. The zero-order chi connectivity index (χ0) is 14.0. The third-order valence-corrected chi connectivity index (χ3v) is 3.28. The Morgan fingerprint density at radius 1 is 1.33 bits per heavy atom. The van der Waals surface area contributed by atoms with Crippen LogP contribution in [-0.4, -0.2) is 50.6 Å². The molecular formula is C14H27N3O. The first-order valence-corrected chi connectivity index (χ1v) is 6.64. The molecule has 2 N–H and O–H groups in total. The molecule has 0 saturated heterocycles. The van der Waals surface area contributed by atoms with Crippen molar-refractivity contribution in [3.8, 4) is 12.3 Å². The van der Waals surface area contributed by atoms with E-state index in [-0.39, 0.29) is 12.5 Å². The summed E-state index contributed by atoms with van der Waals surface area (Å²) in [4.78, 5) is 13.8. The fourth-order valence-electron chi connectivity index (χ4n) is 2.13. The Kier molecular flexibility index (Phi) is 9.35. The first-order chi connectivity index (χ1) is 8.56. The van der Waals surface area contributed by atoms with E-state index in [9.17, 15) is 4.79 Å². The van der Waals surface area contributed by atoms with Crippen molar-refractivity contribution in [1.82, 2.24) is 15.5 Å². The normalized spacial score (nSPS) is 12.5. The van der Waals surface area contributed by atoms with Gasteiger partial charge in [-0.1, -0.05) is 32.6 Å². The van der Waals surface area contributed by atoms with Crippen LogP contribution < -0.4 is 10.6 Å². The van der Waals surface area contributed by atoms with Crippen LogP contribution in [0.5, 0.6) is 0 Å². The Hall–Kier alpha value is -1.05. The Labute approximate surface area is 112 Å². The maximum Gasteiger partial charge on any atom is 0.234 e. The minimum atomic E-state index is 0.00283. The van der Waals surface area contributed by atoms with Crippen LogP contribution >= 0.6 is 0 Å². The minimum Gasteiger partial charge on any atom is -0.353 e. The van der Waals surface area contributed by atoms with Crippen LogP contribution in [0.1, 0.15) is 26.7 Å². The highest BCUT2D eigenvalue weighted by atomic mass is 16.1. The molecule has 1 unspecified atom stereocenters. The molecule has 0 aromatic rings. The molecule has 0 fully saturated rings. The molecule has 4 nitrogen and oxygen atoms in total. The number of nitrogens with one attached hydrogen (secondary N) is 2. The van der Waals surface area contributed by atoms with Gasteiger partial charge < -0.3 is 10.2 Å². The van der Waals surface area contributed by atoms with Gasteiger partial charge in [0.2, 0.25) is 5.91 Å². The molecule has 0 bridgehead atoms. The van der Waals surface area contributed by atoms with Crippen molar-refractivity contribution in [1.29, 1.82) is 0 Å². The molecule has 0 aromatic heterocycles. The smallest absolute Gasteiger partial charge is 0.234 e. The summed E-state index contributed by atoms with van der Waals surface area (Å²) in [6.07, 6.45) is 7.36. The van der Waals surface area contributed by atoms with Crippen molar-refractivity contribution < 1.29 is 4.79 Å². The Bertz CT molecular complexity index is 267. The second kappa shape index (κ2) is 9.93. The zero-order valence-electron chi connectivity index (χ0n) is 12.1. The molecule has 18 heavy (non-hydrogen) atoms. The molecule has 0 aliphatic carbocycles. The van der Waals surface area contributed by atoms with E-state index in [1.165, 1.54) is 0 Å². The third kappa shape index (κ3) is 6.63. The van der Waals surface area contributed by atoms with Gasteiger partial charge in [-0.15, -0.1) is 6.42 Å². The van der Waals surface area contributed by atoms with Gasteiger partial charge >= 0.3 is 0 Å². The number of carbonyl (C=O) groups is 1. The average Bonchev–Trinajstić information content (AvgIpc) is 2.34. The van der Waals surface area contributed by atoms with E-state index >= 15 is 0 Å². The summed E-state index contributed by atoms with van der Waals surface area (Å²) < 4.78 is 0. The summed E-state index contributed by atoms with van der Waals surface area (Å²) in [5.41, 5.74) is 0. The second-order valence-corrected chi connectivity index (χ2v) is 4.72. The molecule has 0 rings (SSSR count). The van der Waals surface area contributed by atoms with Crippen LogP contribution in [0.15, 0.2) is 0 Å². The lowest BCUT2D eigenvalue weighted by atomic mass is 9.93. The topological polar surface area (TPSA) is 44.4 Å². The predicted molar refractivity (Wildman–Crippen MR) is 76.3 cm³/mol. The van der Waals surface area contributed by atoms with Crippen LogP contribution in [-0.2, 0) is 4.79 Å². The van der Waals surface area contributed by atoms with Crippen molar-refractivity contribution in [2.75, 3.05) is 33.7 Å². The number of hydrogen-bond donors (Lipinski definition) is 2. The van der Waals surface area contributed by atoms with Gasteiger partial charge in [-0.2, -0.15) is 0 Å². The lowest BCUT2D eigenvalue weighted by Gasteiger charge is -2.31. The van der Waals surface area contributed by atoms with E-state index in [0.29, 0.717) is 25.0 Å². The van der Waals surface area contributed by atoms with Crippen LogP contribution in [0.3, 0.4) is 0 Å². The lowest BCUT2D eigenvalue weighted by molar-refractivity contribution is -0.120. The van der Waals surface area contributed by atoms with Crippen molar-refractivity contribution in [3.63, 3.8) is 0 Å². The quantitative estimate of drug-likeness (QED) is 0.469. The monoisotopic (exact) mass is 253 g/mol. The highest BCUT2D eigenvalue weighted by Crippen LogP contribution is 2.16. The summed E-state index contributed by atoms with van der Waals surface area (Å²) in [7, 11) is 4.12. The number of carbonyl (C=O) groups excluding carboxylic acids is 1. The molecule has 1 amide bonds. The summed E-state index contributed by atoms with van der Waals surface area (Å²) >= 11 is 0. The zero-order valence-corrected chi connectivity index (χ0v) is 12.1. The number of likely N-dealkylation sites (N-methyl/N-ethyl adjacent to an activating group) is 1. The van der Waals surface area contributed by atoms with Crippen LogP contribution in [0.2, 0.25) is 0 Å². The Balaban J connectivity index is 4.11. The van der Waals surface area contributed by atoms with E-state index in [2.05, 4.69) is 49.4 Å². The first-order valence-electron chi connectivity index (χ1n) is 6.64. The van der Waals surface area contributed by atoms with E-state index in [1.54, 1.807) is 0 Å². The fraction of sp³-hybridized carbons (Fsp3) is 0.786. The average molecular weight is 253 g/mol. The van der Waals surface area contributed by atoms with Crippen molar-refractivity contribution >= 4 is 5.91 Å². The molecule has 4 heteroatoms. The highest BCUT2D eigenvalue weighted by molar-refractivity contribution is 5.78. The molecule has 0 saturated carbocycles. The third-order valence-electron chi connectivity index (χ3n) is 3.28. The van der Waals surface area contributed by atoms with Crippen LogP contribution in [0.25, 0.3) is 0 Å². The number of terminal acetylenes is 1. The van der Waals surface area contributed by atoms with Gasteiger partial charge in [0.15, 0.2) is 0 Å². The molecule has 0 heterocycles. The molecule has 0 spiro atoms. The molecule has 1 atom stereocenters. The van der Waals surface area contributed by atoms with Gasteiger partial charge in [-0.25, -0.2) is 0 Å². The SMILES string of the molecule is C#CCNCC(=O)NCC(C(CC)CC)N(C)C. The van der Waals surface area contributed by atoms with Crippen LogP contribution in [0, 0.1) is 18.3 Å². The summed E-state index contributed by atoms with van der Waals surface area (Å²) in [5, 5.41) is 5.84. The minimum absolute atomic E-state index is 0.00283. The van der Waals surface area contributed by atoms with Gasteiger partial charge in [0, 0.05) is 12.6 Å². The first kappa shape index (κ1) is 16.9. The molecule has 0 aliphatic rings. The second-order valence-electron chi connectivity index (χ2n) is 4.72. The van der Waals surface area contributed by atoms with Crippen LogP contribution in [0.4, 0.5) is 0 Å². The number of nitrogens with zero attached hydrogens (tertiary/aromatic N) is 1. The van der Waals surface area contributed by atoms with Crippen molar-refractivity contribution in [3.05, 3.63) is 0 Å². The van der Waals surface area contributed by atoms with Gasteiger partial charge in [0.05, 0.1) is 13.1 Å². The molecule has 0 aromatic carbocycles. The molecular weight excluding hydrogens is 226 g/mol.